The highest BCUT2D eigenvalue weighted by molar-refractivity contribution is 5.65. The summed E-state index contributed by atoms with van der Waals surface area (Å²) in [5.74, 6) is 0. The lowest BCUT2D eigenvalue weighted by atomic mass is 9.97. The summed E-state index contributed by atoms with van der Waals surface area (Å²) in [5, 5.41) is 0. The molecule has 2 aromatic heterocycles. The molecule has 0 aliphatic rings. The molecule has 0 unspecified atom stereocenters. The van der Waals surface area contributed by atoms with Crippen molar-refractivity contribution < 1.29 is 0 Å². The molecular formula is C25H23N3O2. The van der Waals surface area contributed by atoms with Crippen molar-refractivity contribution in [2.75, 3.05) is 0 Å². The summed E-state index contributed by atoms with van der Waals surface area (Å²) >= 11 is 0. The largest absolute Gasteiger partial charge is 0.331 e. The third-order valence-corrected chi connectivity index (χ3v) is 5.58. The molecule has 2 aromatic carbocycles. The summed E-state index contributed by atoms with van der Waals surface area (Å²) in [7, 11) is 1.52. The average Bonchev–Trinajstić information content (AvgIpc) is 2.78. The number of aryl methyl sites for hydroxylation is 1. The van der Waals surface area contributed by atoms with Gasteiger partial charge < -0.3 is 0 Å². The van der Waals surface area contributed by atoms with E-state index in [1.54, 1.807) is 23.2 Å². The van der Waals surface area contributed by atoms with Gasteiger partial charge >= 0.3 is 5.69 Å². The van der Waals surface area contributed by atoms with Gasteiger partial charge in [-0.3, -0.25) is 18.9 Å². The summed E-state index contributed by atoms with van der Waals surface area (Å²) in [6.45, 7) is 3.93. The van der Waals surface area contributed by atoms with E-state index in [1.165, 1.54) is 11.6 Å². The van der Waals surface area contributed by atoms with Crippen LogP contribution in [0.4, 0.5) is 0 Å². The molecule has 0 amide bonds. The van der Waals surface area contributed by atoms with Gasteiger partial charge in [-0.2, -0.15) is 0 Å². The Balaban J connectivity index is 2.04. The van der Waals surface area contributed by atoms with Crippen LogP contribution < -0.4 is 11.2 Å². The molecule has 0 saturated carbocycles. The van der Waals surface area contributed by atoms with E-state index in [0.29, 0.717) is 5.56 Å². The summed E-state index contributed by atoms with van der Waals surface area (Å²) in [4.78, 5) is 30.5. The van der Waals surface area contributed by atoms with Gasteiger partial charge in [0.2, 0.25) is 0 Å². The first-order valence-corrected chi connectivity index (χ1v) is 9.82. The molecule has 0 fully saturated rings. The van der Waals surface area contributed by atoms with Crippen molar-refractivity contribution in [2.24, 2.45) is 7.05 Å². The molecule has 0 spiro atoms. The number of hydrogen-bond donors (Lipinski definition) is 0. The normalized spacial score (nSPS) is 11.1. The third-order valence-electron chi connectivity index (χ3n) is 5.58. The number of pyridine rings is 1. The first-order valence-electron chi connectivity index (χ1n) is 9.82. The van der Waals surface area contributed by atoms with Gasteiger partial charge in [0.25, 0.3) is 5.56 Å². The molecule has 0 aliphatic heterocycles. The van der Waals surface area contributed by atoms with E-state index in [9.17, 15) is 9.59 Å². The van der Waals surface area contributed by atoms with E-state index >= 15 is 0 Å². The summed E-state index contributed by atoms with van der Waals surface area (Å²) in [6.07, 6.45) is 5.14. The zero-order chi connectivity index (χ0) is 21.3. The lowest BCUT2D eigenvalue weighted by molar-refractivity contribution is 0.586. The molecule has 0 N–H and O–H groups in total. The minimum Gasteiger partial charge on any atom is -0.288 e. The lowest BCUT2D eigenvalue weighted by Crippen LogP contribution is -2.40. The van der Waals surface area contributed by atoms with Crippen LogP contribution in [0.2, 0.25) is 0 Å². The first-order chi connectivity index (χ1) is 14.5. The Labute approximate surface area is 174 Å². The van der Waals surface area contributed by atoms with Crippen molar-refractivity contribution in [1.29, 1.82) is 0 Å². The van der Waals surface area contributed by atoms with Crippen molar-refractivity contribution >= 4 is 0 Å². The Kier molecular flexibility index (Phi) is 5.19. The second-order valence-corrected chi connectivity index (χ2v) is 7.45. The van der Waals surface area contributed by atoms with Crippen LogP contribution in [0, 0.1) is 13.8 Å². The van der Waals surface area contributed by atoms with E-state index in [4.69, 9.17) is 0 Å². The van der Waals surface area contributed by atoms with Crippen LogP contribution in [0.1, 0.15) is 28.3 Å². The fraction of sp³-hybridized carbons (Fsp3) is 0.160. The molecule has 30 heavy (non-hydrogen) atoms. The number of benzene rings is 2. The monoisotopic (exact) mass is 397 g/mol. The van der Waals surface area contributed by atoms with Gasteiger partial charge in [-0.15, -0.1) is 0 Å². The second kappa shape index (κ2) is 7.95. The van der Waals surface area contributed by atoms with Crippen molar-refractivity contribution in [2.45, 2.75) is 19.9 Å². The van der Waals surface area contributed by atoms with Gasteiger partial charge in [0.15, 0.2) is 0 Å². The molecule has 150 valence electrons. The molecule has 0 aliphatic carbocycles. The van der Waals surface area contributed by atoms with Crippen molar-refractivity contribution in [1.82, 2.24) is 14.1 Å². The Morgan fingerprint density at radius 3 is 1.93 bits per heavy atom. The first kappa shape index (κ1) is 19.6. The molecule has 5 nitrogen and oxygen atoms in total. The standard InChI is InChI=1S/C25H23N3O2/c1-17-14-26-15-21(18(17)2)22-16-28(25(30)27(3)24(22)29)23(19-10-6-4-7-11-19)20-12-8-5-9-13-20/h4-16,23H,1-3H3. The zero-order valence-electron chi connectivity index (χ0n) is 17.2. The van der Waals surface area contributed by atoms with Gasteiger partial charge in [-0.1, -0.05) is 60.7 Å². The highest BCUT2D eigenvalue weighted by Gasteiger charge is 2.21. The third kappa shape index (κ3) is 3.39. The van der Waals surface area contributed by atoms with Gasteiger partial charge in [0.05, 0.1) is 11.6 Å². The van der Waals surface area contributed by atoms with Crippen molar-refractivity contribution in [3.8, 4) is 11.1 Å². The number of aromatic nitrogens is 3. The lowest BCUT2D eigenvalue weighted by Gasteiger charge is -2.23. The molecule has 0 saturated heterocycles. The van der Waals surface area contributed by atoms with Crippen molar-refractivity contribution in [3.05, 3.63) is 122 Å². The Morgan fingerprint density at radius 1 is 0.800 bits per heavy atom. The van der Waals surface area contributed by atoms with E-state index < -0.39 is 0 Å². The molecule has 5 heteroatoms. The molecule has 4 rings (SSSR count). The van der Waals surface area contributed by atoms with Crippen LogP contribution in [-0.2, 0) is 7.05 Å². The molecule has 4 aromatic rings. The van der Waals surface area contributed by atoms with Crippen molar-refractivity contribution in [3.63, 3.8) is 0 Å². The predicted octanol–water partition coefficient (Wildman–Crippen LogP) is 3.86. The second-order valence-electron chi connectivity index (χ2n) is 7.45. The summed E-state index contributed by atoms with van der Waals surface area (Å²) in [6, 6.07) is 19.3. The number of nitrogens with zero attached hydrogens (tertiary/aromatic N) is 3. The quantitative estimate of drug-likeness (QED) is 0.525. The van der Waals surface area contributed by atoms with Gasteiger partial charge in [-0.05, 0) is 36.1 Å². The molecule has 0 radical (unpaired) electrons. The maximum Gasteiger partial charge on any atom is 0.331 e. The Hall–Kier alpha value is -3.73. The molecule has 0 bridgehead atoms. The topological polar surface area (TPSA) is 56.9 Å². The van der Waals surface area contributed by atoms with Crippen LogP contribution in [0.5, 0.6) is 0 Å². The fourth-order valence-electron chi connectivity index (χ4n) is 3.75. The van der Waals surface area contributed by atoms with E-state index in [0.717, 1.165) is 27.8 Å². The Bertz CT molecular complexity index is 1270. The average molecular weight is 397 g/mol. The number of hydrogen-bond acceptors (Lipinski definition) is 3. The minimum absolute atomic E-state index is 0.327. The van der Waals surface area contributed by atoms with Crippen LogP contribution >= 0.6 is 0 Å². The van der Waals surface area contributed by atoms with E-state index in [-0.39, 0.29) is 17.3 Å². The SMILES string of the molecule is Cc1cncc(-c2cn(C(c3ccccc3)c3ccccc3)c(=O)n(C)c2=O)c1C. The highest BCUT2D eigenvalue weighted by Crippen LogP contribution is 2.27. The summed E-state index contributed by atoms with van der Waals surface area (Å²) in [5.41, 5.74) is 4.42. The maximum atomic E-state index is 13.2. The molecule has 0 atom stereocenters. The van der Waals surface area contributed by atoms with Gasteiger partial charge in [-0.25, -0.2) is 4.79 Å². The minimum atomic E-state index is -0.361. The molecular weight excluding hydrogens is 374 g/mol. The van der Waals surface area contributed by atoms with E-state index in [1.807, 2.05) is 74.5 Å². The highest BCUT2D eigenvalue weighted by atomic mass is 16.2. The van der Waals surface area contributed by atoms with Crippen LogP contribution in [0.15, 0.2) is 88.8 Å². The van der Waals surface area contributed by atoms with Crippen LogP contribution in [0.25, 0.3) is 11.1 Å². The van der Waals surface area contributed by atoms with Crippen LogP contribution in [-0.4, -0.2) is 14.1 Å². The zero-order valence-corrected chi connectivity index (χ0v) is 17.2. The van der Waals surface area contributed by atoms with Gasteiger partial charge in [0, 0.05) is 31.2 Å². The number of rotatable bonds is 4. The molecule has 2 heterocycles. The summed E-state index contributed by atoms with van der Waals surface area (Å²) < 4.78 is 2.82. The van der Waals surface area contributed by atoms with Gasteiger partial charge in [0.1, 0.15) is 0 Å². The Morgan fingerprint density at radius 2 is 1.37 bits per heavy atom. The smallest absolute Gasteiger partial charge is 0.288 e. The van der Waals surface area contributed by atoms with Crippen LogP contribution in [0.3, 0.4) is 0 Å². The van der Waals surface area contributed by atoms with E-state index in [2.05, 4.69) is 4.98 Å². The fourth-order valence-corrected chi connectivity index (χ4v) is 3.75. The maximum absolute atomic E-state index is 13.2. The predicted molar refractivity (Wildman–Crippen MR) is 119 cm³/mol.